The van der Waals surface area contributed by atoms with Crippen LogP contribution in [0.1, 0.15) is 12.5 Å². The van der Waals surface area contributed by atoms with Crippen molar-refractivity contribution in [2.24, 2.45) is 0 Å². The largest absolute Gasteiger partial charge is 0.463 e. The van der Waals surface area contributed by atoms with Gasteiger partial charge in [0.15, 0.2) is 0 Å². The van der Waals surface area contributed by atoms with E-state index in [0.29, 0.717) is 24.4 Å². The third-order valence-corrected chi connectivity index (χ3v) is 2.80. The van der Waals surface area contributed by atoms with Crippen LogP contribution in [0.4, 0.5) is 0 Å². The summed E-state index contributed by atoms with van der Waals surface area (Å²) >= 11 is 5.80. The second-order valence-electron chi connectivity index (χ2n) is 3.64. The molecule has 4 heteroatoms. The Hall–Kier alpha value is -1.48. The summed E-state index contributed by atoms with van der Waals surface area (Å²) in [7, 11) is 0. The Bertz CT molecular complexity index is 465. The zero-order chi connectivity index (χ0) is 12.3. The van der Waals surface area contributed by atoms with Crippen LogP contribution in [0.25, 0.3) is 0 Å². The number of fused-ring (bicyclic) bond motifs is 1. The van der Waals surface area contributed by atoms with Gasteiger partial charge in [-0.05, 0) is 18.6 Å². The van der Waals surface area contributed by atoms with E-state index in [0.717, 1.165) is 11.3 Å². The zero-order valence-electron chi connectivity index (χ0n) is 9.53. The number of carbonyl (C=O) groups excluding carboxylic acids is 1. The fourth-order valence-corrected chi connectivity index (χ4v) is 1.96. The van der Waals surface area contributed by atoms with Crippen molar-refractivity contribution in [3.05, 3.63) is 41.2 Å². The molecule has 0 aromatic heterocycles. The first-order valence-corrected chi connectivity index (χ1v) is 6.00. The number of allylic oxidation sites excluding steroid dienone is 1. The number of esters is 1. The number of rotatable bonds is 3. The number of carbonyl (C=O) groups is 1. The van der Waals surface area contributed by atoms with E-state index in [4.69, 9.17) is 21.1 Å². The molecule has 1 aliphatic heterocycles. The van der Waals surface area contributed by atoms with E-state index in [9.17, 15) is 4.79 Å². The van der Waals surface area contributed by atoms with Crippen LogP contribution in [0.5, 0.6) is 5.75 Å². The van der Waals surface area contributed by atoms with E-state index < -0.39 is 0 Å². The van der Waals surface area contributed by atoms with Crippen LogP contribution in [0.15, 0.2) is 35.6 Å². The van der Waals surface area contributed by atoms with E-state index in [-0.39, 0.29) is 11.8 Å². The second kappa shape index (κ2) is 5.23. The van der Waals surface area contributed by atoms with Gasteiger partial charge in [0.1, 0.15) is 11.5 Å². The summed E-state index contributed by atoms with van der Waals surface area (Å²) in [4.78, 5) is 11.8. The molecule has 3 nitrogen and oxygen atoms in total. The predicted molar refractivity (Wildman–Crippen MR) is 65.2 cm³/mol. The zero-order valence-corrected chi connectivity index (χ0v) is 10.3. The molecule has 90 valence electrons. The number of benzene rings is 1. The monoisotopic (exact) mass is 252 g/mol. The van der Waals surface area contributed by atoms with Crippen LogP contribution >= 0.6 is 11.6 Å². The molecule has 0 radical (unpaired) electrons. The highest BCUT2D eigenvalue weighted by Crippen LogP contribution is 2.30. The van der Waals surface area contributed by atoms with E-state index >= 15 is 0 Å². The Morgan fingerprint density at radius 2 is 2.24 bits per heavy atom. The van der Waals surface area contributed by atoms with Crippen LogP contribution < -0.4 is 4.74 Å². The lowest BCUT2D eigenvalue weighted by molar-refractivity contribution is -0.138. The molecule has 0 amide bonds. The van der Waals surface area contributed by atoms with Crippen LogP contribution in [-0.4, -0.2) is 18.5 Å². The second-order valence-corrected chi connectivity index (χ2v) is 3.91. The van der Waals surface area contributed by atoms with Gasteiger partial charge in [0, 0.05) is 6.42 Å². The van der Waals surface area contributed by atoms with Crippen LogP contribution in [0.2, 0.25) is 0 Å². The minimum Gasteiger partial charge on any atom is -0.463 e. The maximum absolute atomic E-state index is 11.8. The average Bonchev–Trinajstić information content (AvgIpc) is 2.37. The van der Waals surface area contributed by atoms with Crippen molar-refractivity contribution in [3.8, 4) is 5.75 Å². The minimum absolute atomic E-state index is 0.169. The topological polar surface area (TPSA) is 35.5 Å². The van der Waals surface area contributed by atoms with Crippen LogP contribution in [0.3, 0.4) is 0 Å². The normalized spacial score (nSPS) is 14.0. The summed E-state index contributed by atoms with van der Waals surface area (Å²) in [5.41, 5.74) is 1.49. The molecule has 0 fully saturated rings. The fourth-order valence-electron chi connectivity index (χ4n) is 1.74. The van der Waals surface area contributed by atoms with Gasteiger partial charge in [0.25, 0.3) is 0 Å². The summed E-state index contributed by atoms with van der Waals surface area (Å²) in [6.07, 6.45) is 0.511. The van der Waals surface area contributed by atoms with Crippen LogP contribution in [0, 0.1) is 0 Å². The van der Waals surface area contributed by atoms with Gasteiger partial charge < -0.3 is 9.47 Å². The molecule has 17 heavy (non-hydrogen) atoms. The minimum atomic E-state index is -0.349. The number of halogens is 1. The van der Waals surface area contributed by atoms with Gasteiger partial charge in [0.05, 0.1) is 18.1 Å². The molecule has 2 rings (SSSR count). The highest BCUT2D eigenvalue weighted by atomic mass is 35.5. The van der Waals surface area contributed by atoms with Gasteiger partial charge >= 0.3 is 5.97 Å². The standard InChI is InChI=1S/C13H13ClO3/c1-2-16-13(15)10-7-9-5-3-4-6-11(9)17-12(10)8-14/h3-6H,2,7-8H2,1H3. The lowest BCUT2D eigenvalue weighted by atomic mass is 10.0. The van der Waals surface area contributed by atoms with Gasteiger partial charge in [-0.1, -0.05) is 18.2 Å². The summed E-state index contributed by atoms with van der Waals surface area (Å²) in [5.74, 6) is 1.07. The number of ether oxygens (including phenoxy) is 2. The molecule has 0 bridgehead atoms. The van der Waals surface area contributed by atoms with E-state index in [1.165, 1.54) is 0 Å². The van der Waals surface area contributed by atoms with Crippen molar-refractivity contribution in [3.63, 3.8) is 0 Å². The average molecular weight is 253 g/mol. The number of hydrogen-bond acceptors (Lipinski definition) is 3. The number of para-hydroxylation sites is 1. The number of alkyl halides is 1. The summed E-state index contributed by atoms with van der Waals surface area (Å²) in [5, 5.41) is 0. The van der Waals surface area contributed by atoms with Gasteiger partial charge in [0.2, 0.25) is 0 Å². The first-order valence-electron chi connectivity index (χ1n) is 5.47. The molecule has 0 saturated heterocycles. The Balaban J connectivity index is 2.31. The van der Waals surface area contributed by atoms with Crippen molar-refractivity contribution in [2.75, 3.05) is 12.5 Å². The maximum atomic E-state index is 11.8. The van der Waals surface area contributed by atoms with E-state index in [1.54, 1.807) is 6.92 Å². The molecular weight excluding hydrogens is 240 g/mol. The summed E-state index contributed by atoms with van der Waals surface area (Å²) in [6.45, 7) is 2.12. The SMILES string of the molecule is CCOC(=O)C1=C(CCl)Oc2ccccc2C1. The Labute approximate surface area is 105 Å². The van der Waals surface area contributed by atoms with Gasteiger partial charge in [-0.25, -0.2) is 4.79 Å². The quantitative estimate of drug-likeness (QED) is 0.613. The molecule has 1 aromatic rings. The van der Waals surface area contributed by atoms with Crippen molar-refractivity contribution in [1.29, 1.82) is 0 Å². The molecule has 0 unspecified atom stereocenters. The number of hydrogen-bond donors (Lipinski definition) is 0. The summed E-state index contributed by atoms with van der Waals surface area (Å²) < 4.78 is 10.6. The van der Waals surface area contributed by atoms with Crippen molar-refractivity contribution >= 4 is 17.6 Å². The van der Waals surface area contributed by atoms with Gasteiger partial charge in [-0.3, -0.25) is 0 Å². The lowest BCUT2D eigenvalue weighted by Crippen LogP contribution is -2.19. The van der Waals surface area contributed by atoms with E-state index in [2.05, 4.69) is 0 Å². The van der Waals surface area contributed by atoms with Crippen molar-refractivity contribution < 1.29 is 14.3 Å². The maximum Gasteiger partial charge on any atom is 0.337 e. The third-order valence-electron chi connectivity index (χ3n) is 2.55. The molecule has 1 aromatic carbocycles. The van der Waals surface area contributed by atoms with Gasteiger partial charge in [-0.2, -0.15) is 0 Å². The van der Waals surface area contributed by atoms with E-state index in [1.807, 2.05) is 24.3 Å². The molecule has 0 N–H and O–H groups in total. The van der Waals surface area contributed by atoms with Crippen molar-refractivity contribution in [1.82, 2.24) is 0 Å². The molecule has 1 aliphatic rings. The molecule has 0 atom stereocenters. The first-order chi connectivity index (χ1) is 8.26. The highest BCUT2D eigenvalue weighted by Gasteiger charge is 2.24. The molecule has 0 saturated carbocycles. The Morgan fingerprint density at radius 1 is 1.47 bits per heavy atom. The molecule has 1 heterocycles. The molecular formula is C13H13ClO3. The van der Waals surface area contributed by atoms with Crippen LogP contribution in [-0.2, 0) is 16.0 Å². The van der Waals surface area contributed by atoms with Gasteiger partial charge in [-0.15, -0.1) is 11.6 Å². The molecule has 0 spiro atoms. The predicted octanol–water partition coefficient (Wildman–Crippen LogP) is 2.68. The third kappa shape index (κ3) is 2.44. The fraction of sp³-hybridized carbons (Fsp3) is 0.308. The van der Waals surface area contributed by atoms with Crippen molar-refractivity contribution in [2.45, 2.75) is 13.3 Å². The Morgan fingerprint density at radius 3 is 2.94 bits per heavy atom. The molecule has 0 aliphatic carbocycles. The highest BCUT2D eigenvalue weighted by molar-refractivity contribution is 6.19. The first kappa shape index (κ1) is 12.0. The Kier molecular flexibility index (Phi) is 3.69. The smallest absolute Gasteiger partial charge is 0.337 e. The lowest BCUT2D eigenvalue weighted by Gasteiger charge is -2.21. The summed E-state index contributed by atoms with van der Waals surface area (Å²) in [6, 6.07) is 7.60.